The lowest BCUT2D eigenvalue weighted by atomic mass is 9.79. The van der Waals surface area contributed by atoms with Crippen molar-refractivity contribution in [3.05, 3.63) is 10.6 Å². The van der Waals surface area contributed by atoms with Crippen molar-refractivity contribution in [2.45, 2.75) is 52.4 Å². The van der Waals surface area contributed by atoms with Crippen LogP contribution < -0.4 is 15.5 Å². The summed E-state index contributed by atoms with van der Waals surface area (Å²) in [6, 6.07) is 0. The SMILES string of the molecule is CC(CNC(=O)c1sc(N2CCC(C3CCNCC3)CC2)nc1C(C)C)C(=O)O. The molecular weight excluding hydrogens is 388 g/mol. The van der Waals surface area contributed by atoms with E-state index in [4.69, 9.17) is 10.1 Å². The number of carbonyl (C=O) groups excluding carboxylic acids is 1. The van der Waals surface area contributed by atoms with E-state index < -0.39 is 11.9 Å². The summed E-state index contributed by atoms with van der Waals surface area (Å²) < 4.78 is 0. The maximum atomic E-state index is 12.7. The summed E-state index contributed by atoms with van der Waals surface area (Å²) in [6.07, 6.45) is 4.97. The number of piperidine rings is 2. The molecule has 1 unspecified atom stereocenters. The van der Waals surface area contributed by atoms with Crippen molar-refractivity contribution in [1.82, 2.24) is 15.6 Å². The van der Waals surface area contributed by atoms with Gasteiger partial charge in [-0.05, 0) is 56.5 Å². The Balaban J connectivity index is 1.64. The fourth-order valence-corrected chi connectivity index (χ4v) is 5.49. The van der Waals surface area contributed by atoms with Crippen molar-refractivity contribution in [1.29, 1.82) is 0 Å². The van der Waals surface area contributed by atoms with Gasteiger partial charge < -0.3 is 20.6 Å². The van der Waals surface area contributed by atoms with Gasteiger partial charge in [-0.25, -0.2) is 4.98 Å². The Bertz CT molecular complexity index is 707. The Labute approximate surface area is 177 Å². The number of aromatic nitrogens is 1. The van der Waals surface area contributed by atoms with Gasteiger partial charge in [-0.15, -0.1) is 0 Å². The van der Waals surface area contributed by atoms with Crippen LogP contribution in [0.15, 0.2) is 0 Å². The number of carboxylic acids is 1. The average molecular weight is 423 g/mol. The Morgan fingerprint density at radius 1 is 1.17 bits per heavy atom. The molecule has 0 aromatic carbocycles. The van der Waals surface area contributed by atoms with Gasteiger partial charge in [0, 0.05) is 19.6 Å². The van der Waals surface area contributed by atoms with E-state index in [2.05, 4.69) is 15.5 Å². The van der Waals surface area contributed by atoms with Crippen molar-refractivity contribution in [2.24, 2.45) is 17.8 Å². The van der Waals surface area contributed by atoms with E-state index in [9.17, 15) is 9.59 Å². The van der Waals surface area contributed by atoms with Crippen molar-refractivity contribution in [2.75, 3.05) is 37.6 Å². The highest BCUT2D eigenvalue weighted by Crippen LogP contribution is 2.36. The molecule has 29 heavy (non-hydrogen) atoms. The Morgan fingerprint density at radius 2 is 1.79 bits per heavy atom. The van der Waals surface area contributed by atoms with Crippen molar-refractivity contribution in [3.63, 3.8) is 0 Å². The van der Waals surface area contributed by atoms with E-state index in [0.29, 0.717) is 4.88 Å². The number of rotatable bonds is 7. The minimum absolute atomic E-state index is 0.126. The minimum atomic E-state index is -0.906. The van der Waals surface area contributed by atoms with Gasteiger partial charge in [-0.1, -0.05) is 32.1 Å². The molecule has 3 N–H and O–H groups in total. The van der Waals surface area contributed by atoms with Crippen LogP contribution in [-0.4, -0.2) is 54.7 Å². The smallest absolute Gasteiger partial charge is 0.308 e. The molecule has 2 aliphatic heterocycles. The second-order valence-electron chi connectivity index (χ2n) is 8.73. The zero-order valence-electron chi connectivity index (χ0n) is 17.7. The Morgan fingerprint density at radius 3 is 2.38 bits per heavy atom. The fourth-order valence-electron chi connectivity index (χ4n) is 4.30. The van der Waals surface area contributed by atoms with Crippen LogP contribution in [0.4, 0.5) is 5.13 Å². The van der Waals surface area contributed by atoms with E-state index in [0.717, 1.165) is 48.8 Å². The molecule has 162 valence electrons. The number of hydrogen-bond acceptors (Lipinski definition) is 6. The molecule has 3 heterocycles. The lowest BCUT2D eigenvalue weighted by Crippen LogP contribution is -2.39. The summed E-state index contributed by atoms with van der Waals surface area (Å²) in [5.41, 5.74) is 0.811. The molecule has 2 fully saturated rings. The van der Waals surface area contributed by atoms with Gasteiger partial charge in [-0.3, -0.25) is 9.59 Å². The first-order valence-electron chi connectivity index (χ1n) is 10.8. The molecule has 0 radical (unpaired) electrons. The maximum absolute atomic E-state index is 12.7. The molecule has 0 bridgehead atoms. The summed E-state index contributed by atoms with van der Waals surface area (Å²) in [5.74, 6) is 0.0653. The zero-order valence-corrected chi connectivity index (χ0v) is 18.6. The molecule has 0 spiro atoms. The molecule has 1 amide bonds. The van der Waals surface area contributed by atoms with Gasteiger partial charge in [0.05, 0.1) is 11.6 Å². The first-order chi connectivity index (χ1) is 13.9. The number of aliphatic carboxylic acids is 1. The zero-order chi connectivity index (χ0) is 21.0. The predicted octanol–water partition coefficient (Wildman–Crippen LogP) is 2.93. The van der Waals surface area contributed by atoms with Crippen LogP contribution in [0.25, 0.3) is 0 Å². The molecule has 2 saturated heterocycles. The highest BCUT2D eigenvalue weighted by atomic mass is 32.1. The molecule has 2 aliphatic rings. The van der Waals surface area contributed by atoms with Gasteiger partial charge in [-0.2, -0.15) is 0 Å². The largest absolute Gasteiger partial charge is 0.481 e. The van der Waals surface area contributed by atoms with Crippen LogP contribution in [0.5, 0.6) is 0 Å². The quantitative estimate of drug-likeness (QED) is 0.625. The second kappa shape index (κ2) is 9.89. The lowest BCUT2D eigenvalue weighted by molar-refractivity contribution is -0.140. The lowest BCUT2D eigenvalue weighted by Gasteiger charge is -2.37. The highest BCUT2D eigenvalue weighted by Gasteiger charge is 2.30. The molecule has 8 heteroatoms. The van der Waals surface area contributed by atoms with Crippen LogP contribution in [0.2, 0.25) is 0 Å². The number of amides is 1. The molecular formula is C21H34N4O3S. The van der Waals surface area contributed by atoms with Gasteiger partial charge in [0.1, 0.15) is 4.88 Å². The van der Waals surface area contributed by atoms with E-state index >= 15 is 0 Å². The van der Waals surface area contributed by atoms with Crippen LogP contribution in [0, 0.1) is 17.8 Å². The fraction of sp³-hybridized carbons (Fsp3) is 0.762. The number of nitrogens with one attached hydrogen (secondary N) is 2. The summed E-state index contributed by atoms with van der Waals surface area (Å²) in [7, 11) is 0. The molecule has 1 atom stereocenters. The molecule has 0 aliphatic carbocycles. The molecule has 7 nitrogen and oxygen atoms in total. The highest BCUT2D eigenvalue weighted by molar-refractivity contribution is 7.17. The second-order valence-corrected chi connectivity index (χ2v) is 9.70. The van der Waals surface area contributed by atoms with Gasteiger partial charge in [0.15, 0.2) is 5.13 Å². The van der Waals surface area contributed by atoms with Crippen LogP contribution in [-0.2, 0) is 4.79 Å². The molecule has 1 aromatic rings. The summed E-state index contributed by atoms with van der Waals surface area (Å²) in [4.78, 5) is 31.5. The predicted molar refractivity (Wildman–Crippen MR) is 116 cm³/mol. The number of carbonyl (C=O) groups is 2. The molecule has 0 saturated carbocycles. The Kier molecular flexibility index (Phi) is 7.51. The summed E-state index contributed by atoms with van der Waals surface area (Å²) >= 11 is 1.44. The van der Waals surface area contributed by atoms with Gasteiger partial charge in [0.2, 0.25) is 0 Å². The average Bonchev–Trinajstić information content (AvgIpc) is 3.18. The third kappa shape index (κ3) is 5.48. The van der Waals surface area contributed by atoms with Crippen LogP contribution in [0.3, 0.4) is 0 Å². The van der Waals surface area contributed by atoms with Crippen molar-refractivity contribution < 1.29 is 14.7 Å². The third-order valence-corrected chi connectivity index (χ3v) is 7.38. The van der Waals surface area contributed by atoms with E-state index in [-0.39, 0.29) is 18.4 Å². The summed E-state index contributed by atoms with van der Waals surface area (Å²) in [6.45, 7) is 10.1. The Hall–Kier alpha value is -1.67. The maximum Gasteiger partial charge on any atom is 0.308 e. The third-order valence-electron chi connectivity index (χ3n) is 6.25. The molecule has 1 aromatic heterocycles. The number of carboxylic acid groups (broad SMARTS) is 1. The van der Waals surface area contributed by atoms with Crippen LogP contribution in [0.1, 0.15) is 67.7 Å². The van der Waals surface area contributed by atoms with E-state index in [1.54, 1.807) is 6.92 Å². The first kappa shape index (κ1) is 22.0. The monoisotopic (exact) mass is 422 g/mol. The normalized spacial score (nSPS) is 20.1. The summed E-state index contributed by atoms with van der Waals surface area (Å²) in [5, 5.41) is 16.2. The number of nitrogens with zero attached hydrogens (tertiary/aromatic N) is 2. The topological polar surface area (TPSA) is 94.6 Å². The molecule has 3 rings (SSSR count). The number of hydrogen-bond donors (Lipinski definition) is 3. The minimum Gasteiger partial charge on any atom is -0.481 e. The van der Waals surface area contributed by atoms with Crippen molar-refractivity contribution >= 4 is 28.3 Å². The van der Waals surface area contributed by atoms with Gasteiger partial charge in [0.25, 0.3) is 5.91 Å². The van der Waals surface area contributed by atoms with Gasteiger partial charge >= 0.3 is 5.97 Å². The van der Waals surface area contributed by atoms with Crippen LogP contribution >= 0.6 is 11.3 Å². The first-order valence-corrected chi connectivity index (χ1v) is 11.7. The standard InChI is InChI=1S/C21H34N4O3S/c1-13(2)17-18(19(26)23-12-14(3)20(27)28)29-21(24-17)25-10-6-16(7-11-25)15-4-8-22-9-5-15/h13-16,22H,4-12H2,1-3H3,(H,23,26)(H,27,28). The van der Waals surface area contributed by atoms with E-state index in [1.165, 1.54) is 37.0 Å². The number of anilines is 1. The van der Waals surface area contributed by atoms with E-state index in [1.807, 2.05) is 13.8 Å². The van der Waals surface area contributed by atoms with Crippen molar-refractivity contribution in [3.8, 4) is 0 Å². The number of thiazole rings is 1.